The molecule has 1 saturated carbocycles. The number of hydrogen-bond donors (Lipinski definition) is 4. The molecule has 0 aromatic rings. The fourth-order valence-electron chi connectivity index (χ4n) is 1.64. The zero-order valence-corrected chi connectivity index (χ0v) is 10.9. The van der Waals surface area contributed by atoms with Gasteiger partial charge in [-0.15, -0.1) is 0 Å². The Morgan fingerprint density at radius 3 is 2.61 bits per heavy atom. The molecule has 0 aromatic heterocycles. The fourth-order valence-corrected chi connectivity index (χ4v) is 1.64. The van der Waals surface area contributed by atoms with E-state index in [1.165, 1.54) is 12.8 Å². The molecule has 0 bridgehead atoms. The summed E-state index contributed by atoms with van der Waals surface area (Å²) in [5, 5.41) is 17.3. The zero-order valence-electron chi connectivity index (χ0n) is 10.9. The predicted molar refractivity (Wildman–Crippen MR) is 68.5 cm³/mol. The van der Waals surface area contributed by atoms with Gasteiger partial charge in [-0.1, -0.05) is 13.3 Å². The van der Waals surface area contributed by atoms with Crippen molar-refractivity contribution in [1.29, 1.82) is 0 Å². The maximum Gasteiger partial charge on any atom is 0.326 e. The Balaban J connectivity index is 2.04. The van der Waals surface area contributed by atoms with Crippen LogP contribution >= 0.6 is 0 Å². The number of amides is 2. The summed E-state index contributed by atoms with van der Waals surface area (Å²) < 4.78 is 0. The molecular formula is C12H23N3O3. The largest absolute Gasteiger partial charge is 0.480 e. The third kappa shape index (κ3) is 6.44. The van der Waals surface area contributed by atoms with Crippen molar-refractivity contribution in [3.05, 3.63) is 0 Å². The number of rotatable bonds is 9. The molecular weight excluding hydrogens is 234 g/mol. The quantitative estimate of drug-likeness (QED) is 0.457. The van der Waals surface area contributed by atoms with Gasteiger partial charge in [-0.05, 0) is 32.2 Å². The molecule has 6 heteroatoms. The Bertz CT molecular complexity index is 280. The molecule has 1 unspecified atom stereocenters. The average molecular weight is 257 g/mol. The van der Waals surface area contributed by atoms with Crippen LogP contribution in [0.2, 0.25) is 0 Å². The second kappa shape index (κ2) is 7.92. The molecule has 0 heterocycles. The topological polar surface area (TPSA) is 90.5 Å². The van der Waals surface area contributed by atoms with E-state index in [0.717, 1.165) is 19.4 Å². The number of nitrogens with one attached hydrogen (secondary N) is 3. The first-order valence-corrected chi connectivity index (χ1v) is 6.64. The molecule has 1 fully saturated rings. The summed E-state index contributed by atoms with van der Waals surface area (Å²) >= 11 is 0. The number of urea groups is 1. The number of carbonyl (C=O) groups is 2. The maximum atomic E-state index is 11.4. The van der Waals surface area contributed by atoms with Crippen LogP contribution in [0.3, 0.4) is 0 Å². The molecule has 18 heavy (non-hydrogen) atoms. The number of aliphatic carboxylic acids is 1. The number of carbonyl (C=O) groups excluding carboxylic acids is 1. The van der Waals surface area contributed by atoms with E-state index in [0.29, 0.717) is 19.0 Å². The summed E-state index contributed by atoms with van der Waals surface area (Å²) in [7, 11) is 0. The van der Waals surface area contributed by atoms with Gasteiger partial charge in [0.05, 0.1) is 0 Å². The summed E-state index contributed by atoms with van der Waals surface area (Å²) in [5.74, 6) is -0.984. The molecule has 0 saturated heterocycles. The predicted octanol–water partition coefficient (Wildman–Crippen LogP) is 0.681. The molecule has 0 radical (unpaired) electrons. The minimum Gasteiger partial charge on any atom is -0.480 e. The van der Waals surface area contributed by atoms with Crippen LogP contribution in [0, 0.1) is 0 Å². The van der Waals surface area contributed by atoms with E-state index in [4.69, 9.17) is 5.11 Å². The van der Waals surface area contributed by atoms with E-state index in [1.54, 1.807) is 0 Å². The standard InChI is InChI=1S/C12H23N3O3/c1-2-4-10(11(16)17)15-12(18)14-8-3-7-13-9-5-6-9/h9-10,13H,2-8H2,1H3,(H,16,17)(H2,14,15,18). The SMILES string of the molecule is CCCC(NC(=O)NCCCNC1CC1)C(=O)O. The van der Waals surface area contributed by atoms with Gasteiger partial charge in [-0.25, -0.2) is 9.59 Å². The molecule has 2 amide bonds. The Kier molecular flexibility index (Phi) is 6.49. The van der Waals surface area contributed by atoms with Crippen LogP contribution in [0.4, 0.5) is 4.79 Å². The van der Waals surface area contributed by atoms with Crippen LogP contribution < -0.4 is 16.0 Å². The summed E-state index contributed by atoms with van der Waals surface area (Å²) in [6, 6.07) is -0.512. The van der Waals surface area contributed by atoms with Gasteiger partial charge in [-0.3, -0.25) is 0 Å². The molecule has 6 nitrogen and oxygen atoms in total. The van der Waals surface area contributed by atoms with Crippen molar-refractivity contribution < 1.29 is 14.7 Å². The molecule has 1 rings (SSSR count). The smallest absolute Gasteiger partial charge is 0.326 e. The fraction of sp³-hybridized carbons (Fsp3) is 0.833. The van der Waals surface area contributed by atoms with Crippen LogP contribution in [0.1, 0.15) is 39.0 Å². The monoisotopic (exact) mass is 257 g/mol. The lowest BCUT2D eigenvalue weighted by Gasteiger charge is -2.14. The van der Waals surface area contributed by atoms with Gasteiger partial charge >= 0.3 is 12.0 Å². The van der Waals surface area contributed by atoms with E-state index in [2.05, 4.69) is 16.0 Å². The summed E-state index contributed by atoms with van der Waals surface area (Å²) in [6.45, 7) is 3.34. The highest BCUT2D eigenvalue weighted by Gasteiger charge is 2.20. The lowest BCUT2D eigenvalue weighted by Crippen LogP contribution is -2.46. The maximum absolute atomic E-state index is 11.4. The van der Waals surface area contributed by atoms with Crippen molar-refractivity contribution in [3.8, 4) is 0 Å². The van der Waals surface area contributed by atoms with Crippen molar-refractivity contribution in [2.24, 2.45) is 0 Å². The number of carboxylic acids is 1. The molecule has 0 aromatic carbocycles. The van der Waals surface area contributed by atoms with Gasteiger partial charge in [0.25, 0.3) is 0 Å². The minimum absolute atomic E-state index is 0.401. The van der Waals surface area contributed by atoms with Gasteiger partial charge in [0.2, 0.25) is 0 Å². The van der Waals surface area contributed by atoms with E-state index >= 15 is 0 Å². The van der Waals surface area contributed by atoms with Crippen molar-refractivity contribution in [2.45, 2.75) is 51.1 Å². The van der Waals surface area contributed by atoms with Crippen LogP contribution in [0.25, 0.3) is 0 Å². The Hall–Kier alpha value is -1.30. The van der Waals surface area contributed by atoms with Gasteiger partial charge in [0.15, 0.2) is 0 Å². The van der Waals surface area contributed by atoms with E-state index in [1.807, 2.05) is 6.92 Å². The second-order valence-electron chi connectivity index (χ2n) is 4.66. The van der Waals surface area contributed by atoms with Crippen molar-refractivity contribution >= 4 is 12.0 Å². The molecule has 1 aliphatic rings. The number of hydrogen-bond acceptors (Lipinski definition) is 3. The molecule has 104 valence electrons. The minimum atomic E-state index is -0.984. The first kappa shape index (κ1) is 14.8. The Morgan fingerprint density at radius 2 is 2.06 bits per heavy atom. The van der Waals surface area contributed by atoms with Crippen LogP contribution in [-0.4, -0.2) is 42.3 Å². The Morgan fingerprint density at radius 1 is 1.33 bits per heavy atom. The Labute approximate surface area is 108 Å². The lowest BCUT2D eigenvalue weighted by atomic mass is 10.2. The third-order valence-corrected chi connectivity index (χ3v) is 2.83. The van der Waals surface area contributed by atoms with Crippen molar-refractivity contribution in [1.82, 2.24) is 16.0 Å². The summed E-state index contributed by atoms with van der Waals surface area (Å²) in [6.07, 6.45) is 4.54. The highest BCUT2D eigenvalue weighted by atomic mass is 16.4. The first-order valence-electron chi connectivity index (χ1n) is 6.64. The van der Waals surface area contributed by atoms with E-state index in [-0.39, 0.29) is 0 Å². The first-order chi connectivity index (χ1) is 8.63. The van der Waals surface area contributed by atoms with Gasteiger partial charge in [-0.2, -0.15) is 0 Å². The number of carboxylic acid groups (broad SMARTS) is 1. The molecule has 4 N–H and O–H groups in total. The van der Waals surface area contributed by atoms with E-state index < -0.39 is 18.0 Å². The summed E-state index contributed by atoms with van der Waals surface area (Å²) in [5.41, 5.74) is 0. The third-order valence-electron chi connectivity index (χ3n) is 2.83. The van der Waals surface area contributed by atoms with Crippen molar-refractivity contribution in [3.63, 3.8) is 0 Å². The molecule has 0 spiro atoms. The second-order valence-corrected chi connectivity index (χ2v) is 4.66. The molecule has 1 atom stereocenters. The highest BCUT2D eigenvalue weighted by Crippen LogP contribution is 2.18. The normalized spacial score (nSPS) is 16.1. The van der Waals surface area contributed by atoms with E-state index in [9.17, 15) is 9.59 Å². The van der Waals surface area contributed by atoms with Crippen molar-refractivity contribution in [2.75, 3.05) is 13.1 Å². The molecule has 0 aliphatic heterocycles. The van der Waals surface area contributed by atoms with Crippen LogP contribution in [0.5, 0.6) is 0 Å². The van der Waals surface area contributed by atoms with Crippen LogP contribution in [-0.2, 0) is 4.79 Å². The van der Waals surface area contributed by atoms with Crippen LogP contribution in [0.15, 0.2) is 0 Å². The summed E-state index contributed by atoms with van der Waals surface area (Å²) in [4.78, 5) is 22.3. The molecule has 1 aliphatic carbocycles. The van der Waals surface area contributed by atoms with Gasteiger partial charge in [0.1, 0.15) is 6.04 Å². The van der Waals surface area contributed by atoms with Gasteiger partial charge < -0.3 is 21.1 Å². The van der Waals surface area contributed by atoms with Gasteiger partial charge in [0, 0.05) is 12.6 Å². The average Bonchev–Trinajstić information content (AvgIpc) is 3.12. The zero-order chi connectivity index (χ0) is 13.4. The highest BCUT2D eigenvalue weighted by molar-refractivity contribution is 5.82. The lowest BCUT2D eigenvalue weighted by molar-refractivity contribution is -0.139.